The first-order chi connectivity index (χ1) is 10.6. The minimum absolute atomic E-state index is 0.101. The fraction of sp³-hybridized carbons (Fsp3) is 0.0625. The molecular weight excluding hydrogens is 344 g/mol. The molecule has 0 atom stereocenters. The monoisotopic (exact) mass is 354 g/mol. The number of nitrogens with one attached hydrogen (secondary N) is 1. The van der Waals surface area contributed by atoms with E-state index in [4.69, 9.17) is 0 Å². The molecule has 0 aliphatic rings. The molecule has 2 aromatic heterocycles. The molecule has 0 saturated carbocycles. The van der Waals surface area contributed by atoms with Gasteiger partial charge in [-0.3, -0.25) is 4.79 Å². The van der Waals surface area contributed by atoms with Gasteiger partial charge in [0.1, 0.15) is 11.6 Å². The van der Waals surface area contributed by atoms with E-state index in [0.29, 0.717) is 11.3 Å². The summed E-state index contributed by atoms with van der Waals surface area (Å²) in [4.78, 5) is 14.7. The summed E-state index contributed by atoms with van der Waals surface area (Å²) in [6, 6.07) is 11.3. The Morgan fingerprint density at radius 1 is 1.32 bits per heavy atom. The fourth-order valence-electron chi connectivity index (χ4n) is 2.35. The highest BCUT2D eigenvalue weighted by molar-refractivity contribution is 9.10. The van der Waals surface area contributed by atoms with Crippen molar-refractivity contribution in [3.05, 3.63) is 68.8 Å². The van der Waals surface area contributed by atoms with Crippen LogP contribution in [0.25, 0.3) is 16.8 Å². The maximum absolute atomic E-state index is 12.0. The number of aromatic amines is 1. The van der Waals surface area contributed by atoms with Crippen molar-refractivity contribution in [3.63, 3.8) is 0 Å². The van der Waals surface area contributed by atoms with Gasteiger partial charge in [-0.15, -0.1) is 0 Å². The summed E-state index contributed by atoms with van der Waals surface area (Å²) in [6.07, 6.45) is 3.51. The van der Waals surface area contributed by atoms with E-state index in [1.807, 2.05) is 36.5 Å². The third kappa shape index (κ3) is 2.47. The number of pyridine rings is 1. The average Bonchev–Trinajstić information content (AvgIpc) is 2.93. The molecule has 3 aromatic rings. The number of nitriles is 1. The SMILES string of the molecule is Cc1cc(-c2ccccc2-n2cc(Br)cn2)c(C#N)c(=O)[nH]1. The van der Waals surface area contributed by atoms with Crippen LogP contribution in [0.15, 0.2) is 52.0 Å². The quantitative estimate of drug-likeness (QED) is 0.767. The molecule has 5 nitrogen and oxygen atoms in total. The lowest BCUT2D eigenvalue weighted by atomic mass is 9.99. The normalized spacial score (nSPS) is 10.4. The van der Waals surface area contributed by atoms with Crippen molar-refractivity contribution in [1.82, 2.24) is 14.8 Å². The summed E-state index contributed by atoms with van der Waals surface area (Å²) in [5.41, 5.74) is 2.61. The highest BCUT2D eigenvalue weighted by atomic mass is 79.9. The Hall–Kier alpha value is -2.65. The van der Waals surface area contributed by atoms with Crippen LogP contribution in [0.5, 0.6) is 0 Å². The molecule has 6 heteroatoms. The fourth-order valence-corrected chi connectivity index (χ4v) is 2.63. The molecule has 0 saturated heterocycles. The van der Waals surface area contributed by atoms with E-state index in [0.717, 1.165) is 15.7 Å². The molecule has 108 valence electrons. The van der Waals surface area contributed by atoms with Crippen molar-refractivity contribution in [3.8, 4) is 22.9 Å². The number of hydrogen-bond donors (Lipinski definition) is 1. The largest absolute Gasteiger partial charge is 0.325 e. The standard InChI is InChI=1S/C16H11BrN4O/c1-10-6-13(14(7-18)16(22)20-10)12-4-2-3-5-15(12)21-9-11(17)8-19-21/h2-6,8-9H,1H3,(H,20,22). The van der Waals surface area contributed by atoms with Crippen LogP contribution in [0.3, 0.4) is 0 Å². The van der Waals surface area contributed by atoms with Gasteiger partial charge in [0.15, 0.2) is 0 Å². The van der Waals surface area contributed by atoms with Crippen molar-refractivity contribution < 1.29 is 0 Å². The second-order valence-electron chi connectivity index (χ2n) is 4.80. The van der Waals surface area contributed by atoms with E-state index in [1.165, 1.54) is 0 Å². The molecule has 0 unspecified atom stereocenters. The first kappa shape index (κ1) is 14.3. The molecule has 1 N–H and O–H groups in total. The number of rotatable bonds is 2. The van der Waals surface area contributed by atoms with Gasteiger partial charge in [-0.25, -0.2) is 4.68 Å². The third-order valence-corrected chi connectivity index (χ3v) is 3.68. The van der Waals surface area contributed by atoms with Crippen LogP contribution >= 0.6 is 15.9 Å². The minimum Gasteiger partial charge on any atom is -0.325 e. The lowest BCUT2D eigenvalue weighted by Crippen LogP contribution is -2.13. The van der Waals surface area contributed by atoms with Crippen molar-refractivity contribution >= 4 is 15.9 Å². The molecule has 0 aliphatic heterocycles. The Morgan fingerprint density at radius 3 is 2.77 bits per heavy atom. The third-order valence-electron chi connectivity index (χ3n) is 3.27. The van der Waals surface area contributed by atoms with Crippen molar-refractivity contribution in [2.75, 3.05) is 0 Å². The number of nitrogens with zero attached hydrogens (tertiary/aromatic N) is 3. The number of hydrogen-bond acceptors (Lipinski definition) is 3. The Labute approximate surface area is 135 Å². The van der Waals surface area contributed by atoms with Crippen LogP contribution in [0.2, 0.25) is 0 Å². The van der Waals surface area contributed by atoms with Crippen LogP contribution in [-0.2, 0) is 0 Å². The number of aromatic nitrogens is 3. The van der Waals surface area contributed by atoms with E-state index < -0.39 is 0 Å². The summed E-state index contributed by atoms with van der Waals surface area (Å²) in [5.74, 6) is 0. The van der Waals surface area contributed by atoms with Gasteiger partial charge in [0, 0.05) is 23.0 Å². The highest BCUT2D eigenvalue weighted by Crippen LogP contribution is 2.28. The Morgan fingerprint density at radius 2 is 2.09 bits per heavy atom. The average molecular weight is 355 g/mol. The minimum atomic E-state index is -0.381. The van der Waals surface area contributed by atoms with Gasteiger partial charge in [-0.2, -0.15) is 10.4 Å². The summed E-state index contributed by atoms with van der Waals surface area (Å²) in [7, 11) is 0. The zero-order valence-corrected chi connectivity index (χ0v) is 13.3. The molecule has 0 fully saturated rings. The van der Waals surface area contributed by atoms with Crippen molar-refractivity contribution in [1.29, 1.82) is 5.26 Å². The number of benzene rings is 1. The van der Waals surface area contributed by atoms with E-state index in [9.17, 15) is 10.1 Å². The maximum Gasteiger partial charge on any atom is 0.266 e. The van der Waals surface area contributed by atoms with Crippen LogP contribution < -0.4 is 5.56 Å². The van der Waals surface area contributed by atoms with Gasteiger partial charge in [0.2, 0.25) is 0 Å². The van der Waals surface area contributed by atoms with E-state index in [2.05, 4.69) is 26.0 Å². The molecule has 2 heterocycles. The second-order valence-corrected chi connectivity index (χ2v) is 5.72. The predicted octanol–water partition coefficient (Wildman–Crippen LogP) is 3.17. The molecular formula is C16H11BrN4O. The number of para-hydroxylation sites is 1. The Balaban J connectivity index is 2.31. The zero-order chi connectivity index (χ0) is 15.7. The van der Waals surface area contributed by atoms with Gasteiger partial charge in [0.05, 0.1) is 16.4 Å². The smallest absolute Gasteiger partial charge is 0.266 e. The molecule has 0 amide bonds. The molecule has 0 radical (unpaired) electrons. The molecule has 0 aliphatic carbocycles. The van der Waals surface area contributed by atoms with E-state index in [-0.39, 0.29) is 11.1 Å². The van der Waals surface area contributed by atoms with E-state index in [1.54, 1.807) is 23.9 Å². The van der Waals surface area contributed by atoms with Crippen molar-refractivity contribution in [2.45, 2.75) is 6.92 Å². The number of H-pyrrole nitrogens is 1. The van der Waals surface area contributed by atoms with Gasteiger partial charge < -0.3 is 4.98 Å². The van der Waals surface area contributed by atoms with Gasteiger partial charge in [-0.1, -0.05) is 18.2 Å². The summed E-state index contributed by atoms with van der Waals surface area (Å²) < 4.78 is 2.56. The van der Waals surface area contributed by atoms with Crippen LogP contribution in [0.1, 0.15) is 11.3 Å². The zero-order valence-electron chi connectivity index (χ0n) is 11.7. The van der Waals surface area contributed by atoms with Crippen LogP contribution in [0, 0.1) is 18.3 Å². The lowest BCUT2D eigenvalue weighted by molar-refractivity contribution is 0.882. The van der Waals surface area contributed by atoms with E-state index >= 15 is 0 Å². The highest BCUT2D eigenvalue weighted by Gasteiger charge is 2.14. The molecule has 3 rings (SSSR count). The van der Waals surface area contributed by atoms with Crippen molar-refractivity contribution in [2.24, 2.45) is 0 Å². The van der Waals surface area contributed by atoms with Gasteiger partial charge in [-0.05, 0) is 35.0 Å². The molecule has 0 spiro atoms. The molecule has 1 aromatic carbocycles. The topological polar surface area (TPSA) is 74.5 Å². The molecule has 0 bridgehead atoms. The Kier molecular flexibility index (Phi) is 3.65. The van der Waals surface area contributed by atoms with Crippen LogP contribution in [0.4, 0.5) is 0 Å². The first-order valence-corrected chi connectivity index (χ1v) is 7.33. The predicted molar refractivity (Wildman–Crippen MR) is 86.8 cm³/mol. The number of aryl methyl sites for hydroxylation is 1. The summed E-state index contributed by atoms with van der Waals surface area (Å²) in [5, 5.41) is 13.6. The molecule has 22 heavy (non-hydrogen) atoms. The number of halogens is 1. The van der Waals surface area contributed by atoms with Crippen LogP contribution in [-0.4, -0.2) is 14.8 Å². The Bertz CT molecular complexity index is 949. The summed E-state index contributed by atoms with van der Waals surface area (Å²) >= 11 is 3.37. The van der Waals surface area contributed by atoms with Gasteiger partial charge in [0.25, 0.3) is 5.56 Å². The second kappa shape index (κ2) is 5.62. The summed E-state index contributed by atoms with van der Waals surface area (Å²) in [6.45, 7) is 1.79. The lowest BCUT2D eigenvalue weighted by Gasteiger charge is -2.11. The first-order valence-electron chi connectivity index (χ1n) is 6.54. The maximum atomic E-state index is 12.0. The van der Waals surface area contributed by atoms with Gasteiger partial charge >= 0.3 is 0 Å².